The average molecular weight is 359 g/mol. The zero-order chi connectivity index (χ0) is 19.7. The third-order valence-electron chi connectivity index (χ3n) is 5.54. The highest BCUT2D eigenvalue weighted by atomic mass is 16.4. The number of carboxylic acids is 2. The molecule has 25 heavy (non-hydrogen) atoms. The first-order valence-electron chi connectivity index (χ1n) is 9.53. The lowest BCUT2D eigenvalue weighted by molar-refractivity contribution is -0.146. The molecule has 0 fully saturated rings. The van der Waals surface area contributed by atoms with Crippen molar-refractivity contribution in [1.29, 1.82) is 0 Å². The second-order valence-electron chi connectivity index (χ2n) is 7.98. The van der Waals surface area contributed by atoms with Crippen LogP contribution in [0.5, 0.6) is 0 Å². The summed E-state index contributed by atoms with van der Waals surface area (Å²) < 4.78 is 0. The van der Waals surface area contributed by atoms with Crippen LogP contribution >= 0.6 is 0 Å². The van der Waals surface area contributed by atoms with Gasteiger partial charge in [-0.15, -0.1) is 0 Å². The summed E-state index contributed by atoms with van der Waals surface area (Å²) in [4.78, 5) is 22.6. The molecule has 0 aliphatic heterocycles. The molecule has 0 aliphatic rings. The molecular formula is C19H38N2O4. The monoisotopic (exact) mass is 358 g/mol. The van der Waals surface area contributed by atoms with Crippen LogP contribution in [-0.2, 0) is 9.59 Å². The van der Waals surface area contributed by atoms with Crippen molar-refractivity contribution >= 4 is 11.9 Å². The molecule has 6 heteroatoms. The molecule has 0 aliphatic carbocycles. The summed E-state index contributed by atoms with van der Waals surface area (Å²) in [6.07, 6.45) is 7.75. The van der Waals surface area contributed by atoms with Crippen molar-refractivity contribution in [3.8, 4) is 0 Å². The van der Waals surface area contributed by atoms with E-state index in [9.17, 15) is 19.8 Å². The Morgan fingerprint density at radius 2 is 0.920 bits per heavy atom. The van der Waals surface area contributed by atoms with Gasteiger partial charge in [0.15, 0.2) is 0 Å². The van der Waals surface area contributed by atoms with Crippen molar-refractivity contribution in [2.45, 2.75) is 96.6 Å². The number of nitrogens with two attached hydrogens (primary N) is 2. The highest BCUT2D eigenvalue weighted by Gasteiger charge is 2.37. The summed E-state index contributed by atoms with van der Waals surface area (Å²) in [6, 6.07) is 0. The molecule has 0 saturated carbocycles. The van der Waals surface area contributed by atoms with Crippen LogP contribution in [0, 0.1) is 11.8 Å². The van der Waals surface area contributed by atoms with E-state index in [2.05, 4.69) is 0 Å². The Bertz CT molecular complexity index is 388. The Labute approximate surface area is 152 Å². The van der Waals surface area contributed by atoms with Crippen molar-refractivity contribution in [2.24, 2.45) is 23.3 Å². The Balaban J connectivity index is 3.88. The van der Waals surface area contributed by atoms with Gasteiger partial charge < -0.3 is 21.7 Å². The van der Waals surface area contributed by atoms with Crippen LogP contribution in [0.1, 0.15) is 85.5 Å². The van der Waals surface area contributed by atoms with Gasteiger partial charge in [0, 0.05) is 0 Å². The molecule has 6 nitrogen and oxygen atoms in total. The lowest BCUT2D eigenvalue weighted by Crippen LogP contribution is -2.52. The van der Waals surface area contributed by atoms with Gasteiger partial charge in [0.2, 0.25) is 0 Å². The molecule has 0 saturated heterocycles. The number of hydrogen-bond acceptors (Lipinski definition) is 4. The van der Waals surface area contributed by atoms with Gasteiger partial charge in [0.1, 0.15) is 11.1 Å². The van der Waals surface area contributed by atoms with E-state index in [1.54, 1.807) is 0 Å². The highest BCUT2D eigenvalue weighted by molar-refractivity contribution is 5.79. The first kappa shape index (κ1) is 23.9. The largest absolute Gasteiger partial charge is 0.480 e. The molecule has 0 spiro atoms. The van der Waals surface area contributed by atoms with Crippen LogP contribution in [0.15, 0.2) is 0 Å². The number of unbranched alkanes of at least 4 members (excludes halogenated alkanes) is 6. The van der Waals surface area contributed by atoms with E-state index in [-0.39, 0.29) is 11.8 Å². The second kappa shape index (κ2) is 10.8. The summed E-state index contributed by atoms with van der Waals surface area (Å²) in [5, 5.41) is 18.5. The van der Waals surface area contributed by atoms with Crippen molar-refractivity contribution in [3.05, 3.63) is 0 Å². The number of aliphatic carboxylic acids is 2. The molecule has 0 aromatic heterocycles. The second-order valence-corrected chi connectivity index (χ2v) is 7.98. The smallest absolute Gasteiger partial charge is 0.323 e. The standard InChI is InChI=1S/C19H38N2O4/c1-14(2)18(20,16(22)23)12-10-8-6-5-7-9-11-13-19(21,15(3)4)17(24)25/h14-15H,5-13,20-21H2,1-4H3,(H,22,23)(H,24,25). The van der Waals surface area contributed by atoms with Gasteiger partial charge >= 0.3 is 11.9 Å². The van der Waals surface area contributed by atoms with Gasteiger partial charge in [-0.3, -0.25) is 9.59 Å². The normalized spacial score (nSPS) is 16.6. The molecule has 148 valence electrons. The average Bonchev–Trinajstić information content (AvgIpc) is 2.51. The summed E-state index contributed by atoms with van der Waals surface area (Å²) in [5.41, 5.74) is 9.73. The lowest BCUT2D eigenvalue weighted by atomic mass is 9.82. The van der Waals surface area contributed by atoms with E-state index < -0.39 is 23.0 Å². The van der Waals surface area contributed by atoms with Crippen molar-refractivity contribution < 1.29 is 19.8 Å². The maximum Gasteiger partial charge on any atom is 0.323 e. The maximum absolute atomic E-state index is 11.3. The number of rotatable bonds is 14. The molecule has 6 N–H and O–H groups in total. The molecule has 0 aromatic carbocycles. The zero-order valence-electron chi connectivity index (χ0n) is 16.4. The first-order valence-corrected chi connectivity index (χ1v) is 9.53. The maximum atomic E-state index is 11.3. The fraction of sp³-hybridized carbons (Fsp3) is 0.895. The first-order chi connectivity index (χ1) is 11.5. The summed E-state index contributed by atoms with van der Waals surface area (Å²) in [7, 11) is 0. The molecule has 0 aromatic rings. The minimum absolute atomic E-state index is 0.0864. The lowest BCUT2D eigenvalue weighted by Gasteiger charge is -2.29. The van der Waals surface area contributed by atoms with E-state index >= 15 is 0 Å². The summed E-state index contributed by atoms with van der Waals surface area (Å²) >= 11 is 0. The van der Waals surface area contributed by atoms with Gasteiger partial charge in [-0.25, -0.2) is 0 Å². The van der Waals surface area contributed by atoms with Crippen molar-refractivity contribution in [2.75, 3.05) is 0 Å². The molecule has 2 unspecified atom stereocenters. The van der Waals surface area contributed by atoms with Gasteiger partial charge in [0.05, 0.1) is 0 Å². The van der Waals surface area contributed by atoms with Crippen molar-refractivity contribution in [3.63, 3.8) is 0 Å². The van der Waals surface area contributed by atoms with Crippen LogP contribution in [0.25, 0.3) is 0 Å². The topological polar surface area (TPSA) is 127 Å². The highest BCUT2D eigenvalue weighted by Crippen LogP contribution is 2.24. The molecule has 0 radical (unpaired) electrons. The Morgan fingerprint density at radius 1 is 0.680 bits per heavy atom. The SMILES string of the molecule is CC(C)C(N)(CCCCCCCCCC(N)(C(=O)O)C(C)C)C(=O)O. The van der Waals surface area contributed by atoms with Crippen LogP contribution in [0.3, 0.4) is 0 Å². The van der Waals surface area contributed by atoms with E-state index in [0.29, 0.717) is 12.8 Å². The van der Waals surface area contributed by atoms with Gasteiger partial charge in [0.25, 0.3) is 0 Å². The molecule has 0 rings (SSSR count). The van der Waals surface area contributed by atoms with Crippen LogP contribution in [0.4, 0.5) is 0 Å². The minimum atomic E-state index is -1.13. The van der Waals surface area contributed by atoms with Gasteiger partial charge in [-0.2, -0.15) is 0 Å². The van der Waals surface area contributed by atoms with E-state index in [4.69, 9.17) is 11.5 Å². The number of hydrogen-bond donors (Lipinski definition) is 4. The van der Waals surface area contributed by atoms with Crippen molar-refractivity contribution in [1.82, 2.24) is 0 Å². The predicted octanol–water partition coefficient (Wildman–Crippen LogP) is 3.37. The Hall–Kier alpha value is -1.14. The minimum Gasteiger partial charge on any atom is -0.480 e. The molecular weight excluding hydrogens is 320 g/mol. The van der Waals surface area contributed by atoms with Gasteiger partial charge in [-0.1, -0.05) is 72.6 Å². The van der Waals surface area contributed by atoms with Crippen LogP contribution < -0.4 is 11.5 Å². The Morgan fingerprint density at radius 3 is 1.12 bits per heavy atom. The van der Waals surface area contributed by atoms with E-state index in [0.717, 1.165) is 44.9 Å². The van der Waals surface area contributed by atoms with E-state index in [1.807, 2.05) is 27.7 Å². The molecule has 0 amide bonds. The van der Waals surface area contributed by atoms with E-state index in [1.165, 1.54) is 0 Å². The number of carbonyl (C=O) groups is 2. The summed E-state index contributed by atoms with van der Waals surface area (Å²) in [5.74, 6) is -2.01. The fourth-order valence-electron chi connectivity index (χ4n) is 3.00. The quantitative estimate of drug-likeness (QED) is 0.353. The third kappa shape index (κ3) is 7.32. The van der Waals surface area contributed by atoms with Crippen LogP contribution in [0.2, 0.25) is 0 Å². The predicted molar refractivity (Wildman–Crippen MR) is 100 cm³/mol. The molecule has 0 bridgehead atoms. The third-order valence-corrected chi connectivity index (χ3v) is 5.54. The fourth-order valence-corrected chi connectivity index (χ4v) is 3.00. The van der Waals surface area contributed by atoms with Gasteiger partial charge in [-0.05, 0) is 24.7 Å². The molecule has 2 atom stereocenters. The summed E-state index contributed by atoms with van der Waals surface area (Å²) in [6.45, 7) is 7.39. The Kier molecular flexibility index (Phi) is 10.3. The van der Waals surface area contributed by atoms with Crippen LogP contribution in [-0.4, -0.2) is 33.2 Å². The zero-order valence-corrected chi connectivity index (χ0v) is 16.4. The molecule has 0 heterocycles. The number of carboxylic acid groups (broad SMARTS) is 2.